The molecule has 2 amide bonds. The molecule has 0 bridgehead atoms. The molecule has 1 aromatic heterocycles. The van der Waals surface area contributed by atoms with Gasteiger partial charge in [0.1, 0.15) is 16.6 Å². The molecule has 2 fully saturated rings. The first-order valence-corrected chi connectivity index (χ1v) is 9.38. The van der Waals surface area contributed by atoms with Crippen molar-refractivity contribution in [2.24, 2.45) is 11.8 Å². The lowest BCUT2D eigenvalue weighted by Gasteiger charge is -2.34. The second-order valence-electron chi connectivity index (χ2n) is 8.47. The van der Waals surface area contributed by atoms with Crippen molar-refractivity contribution in [3.8, 4) is 0 Å². The predicted octanol–water partition coefficient (Wildman–Crippen LogP) is 2.29. The number of H-pyrrole nitrogens is 1. The molecule has 3 heterocycles. The Morgan fingerprint density at radius 1 is 1.07 bits per heavy atom. The molecule has 0 radical (unpaired) electrons. The maximum atomic E-state index is 12.9. The summed E-state index contributed by atoms with van der Waals surface area (Å²) in [5.41, 5.74) is 1.56. The normalized spacial score (nSPS) is 22.8. The maximum Gasteiger partial charge on any atom is 0.410 e. The number of likely N-dealkylation sites (tertiary alicyclic amines) is 2. The molecule has 0 saturated carbocycles. The van der Waals surface area contributed by atoms with Gasteiger partial charge in [-0.05, 0) is 57.2 Å². The number of hydrogen-bond donors (Lipinski definition) is 1. The molecule has 1 aromatic carbocycles. The summed E-state index contributed by atoms with van der Waals surface area (Å²) in [5, 5.41) is 10.6. The Morgan fingerprint density at radius 2 is 1.78 bits per heavy atom. The SMILES string of the molecule is CC(C)(C)OC(=O)N1C[C@H]2CCN(C(=O)c3ccc4n[nH]nc4c3)C[C@H]2C1. The van der Waals surface area contributed by atoms with E-state index in [-0.39, 0.29) is 12.0 Å². The molecule has 8 nitrogen and oxygen atoms in total. The molecule has 2 saturated heterocycles. The minimum absolute atomic E-state index is 0.00840. The minimum atomic E-state index is -0.493. The number of rotatable bonds is 1. The lowest BCUT2D eigenvalue weighted by molar-refractivity contribution is 0.0284. The van der Waals surface area contributed by atoms with Gasteiger partial charge in [-0.25, -0.2) is 4.79 Å². The van der Waals surface area contributed by atoms with Gasteiger partial charge in [0.2, 0.25) is 0 Å². The molecule has 0 unspecified atom stereocenters. The molecule has 2 aliphatic heterocycles. The second kappa shape index (κ2) is 6.51. The van der Waals surface area contributed by atoms with E-state index in [9.17, 15) is 9.59 Å². The van der Waals surface area contributed by atoms with E-state index in [2.05, 4.69) is 15.4 Å². The lowest BCUT2D eigenvalue weighted by atomic mass is 9.88. The Kier molecular flexibility index (Phi) is 4.28. The zero-order valence-electron chi connectivity index (χ0n) is 15.9. The highest BCUT2D eigenvalue weighted by atomic mass is 16.6. The molecule has 4 rings (SSSR count). The van der Waals surface area contributed by atoms with Gasteiger partial charge in [-0.15, -0.1) is 0 Å². The van der Waals surface area contributed by atoms with Gasteiger partial charge >= 0.3 is 6.09 Å². The van der Waals surface area contributed by atoms with Crippen LogP contribution in [0.25, 0.3) is 11.0 Å². The first kappa shape index (κ1) is 17.8. The van der Waals surface area contributed by atoms with Crippen LogP contribution < -0.4 is 0 Å². The van der Waals surface area contributed by atoms with Crippen molar-refractivity contribution in [1.29, 1.82) is 0 Å². The fraction of sp³-hybridized carbons (Fsp3) is 0.579. The summed E-state index contributed by atoms with van der Waals surface area (Å²) in [7, 11) is 0. The number of carbonyl (C=O) groups is 2. The van der Waals surface area contributed by atoms with Crippen molar-refractivity contribution in [1.82, 2.24) is 25.2 Å². The fourth-order valence-corrected chi connectivity index (χ4v) is 3.98. The summed E-state index contributed by atoms with van der Waals surface area (Å²) >= 11 is 0. The molecule has 2 atom stereocenters. The van der Waals surface area contributed by atoms with E-state index in [0.29, 0.717) is 49.1 Å². The number of fused-ring (bicyclic) bond motifs is 2. The Bertz CT molecular complexity index is 872. The third-order valence-electron chi connectivity index (χ3n) is 5.30. The molecular formula is C19H25N5O3. The summed E-state index contributed by atoms with van der Waals surface area (Å²) in [6.07, 6.45) is 0.647. The second-order valence-corrected chi connectivity index (χ2v) is 8.47. The van der Waals surface area contributed by atoms with Crippen molar-refractivity contribution in [3.05, 3.63) is 23.8 Å². The fourth-order valence-electron chi connectivity index (χ4n) is 3.98. The summed E-state index contributed by atoms with van der Waals surface area (Å²) in [4.78, 5) is 28.9. The Hall–Kier alpha value is -2.64. The standard InChI is InChI=1S/C19H25N5O3/c1-19(2,3)27-18(26)24-9-13-6-7-23(10-14(13)11-24)17(25)12-4-5-15-16(8-12)21-22-20-15/h4-5,8,13-14H,6-7,9-11H2,1-3H3,(H,20,21,22)/t13-,14+/m1/s1. The van der Waals surface area contributed by atoms with Gasteiger partial charge in [-0.2, -0.15) is 15.4 Å². The summed E-state index contributed by atoms with van der Waals surface area (Å²) in [6, 6.07) is 5.37. The highest BCUT2D eigenvalue weighted by molar-refractivity contribution is 5.97. The number of hydrogen-bond acceptors (Lipinski definition) is 5. The van der Waals surface area contributed by atoms with Crippen LogP contribution in [-0.4, -0.2) is 69.0 Å². The predicted molar refractivity (Wildman–Crippen MR) is 99.2 cm³/mol. The van der Waals surface area contributed by atoms with Gasteiger partial charge in [-0.3, -0.25) is 4.79 Å². The van der Waals surface area contributed by atoms with Crippen molar-refractivity contribution in [2.45, 2.75) is 32.8 Å². The number of benzene rings is 1. The number of piperidine rings is 1. The highest BCUT2D eigenvalue weighted by Crippen LogP contribution is 2.32. The van der Waals surface area contributed by atoms with Gasteiger partial charge in [0, 0.05) is 31.7 Å². The first-order valence-electron chi connectivity index (χ1n) is 9.38. The molecule has 0 aliphatic carbocycles. The molecule has 27 heavy (non-hydrogen) atoms. The van der Waals surface area contributed by atoms with E-state index < -0.39 is 5.60 Å². The molecule has 2 aliphatic rings. The summed E-state index contributed by atoms with van der Waals surface area (Å²) < 4.78 is 5.50. The van der Waals surface area contributed by atoms with Crippen molar-refractivity contribution >= 4 is 23.0 Å². The van der Waals surface area contributed by atoms with Crippen LogP contribution in [0, 0.1) is 11.8 Å². The monoisotopic (exact) mass is 371 g/mol. The highest BCUT2D eigenvalue weighted by Gasteiger charge is 2.41. The van der Waals surface area contributed by atoms with Crippen LogP contribution in [0.5, 0.6) is 0 Å². The molecule has 2 aromatic rings. The van der Waals surface area contributed by atoms with E-state index in [1.165, 1.54) is 0 Å². The number of nitrogens with one attached hydrogen (secondary N) is 1. The third-order valence-corrected chi connectivity index (χ3v) is 5.30. The van der Waals surface area contributed by atoms with Crippen molar-refractivity contribution in [2.75, 3.05) is 26.2 Å². The van der Waals surface area contributed by atoms with Crippen LogP contribution in [0.2, 0.25) is 0 Å². The van der Waals surface area contributed by atoms with Crippen LogP contribution in [0.1, 0.15) is 37.6 Å². The number of aromatic nitrogens is 3. The summed E-state index contributed by atoms with van der Waals surface area (Å²) in [5.74, 6) is 0.736. The van der Waals surface area contributed by atoms with Crippen molar-refractivity contribution < 1.29 is 14.3 Å². The molecule has 144 valence electrons. The first-order chi connectivity index (χ1) is 12.8. The third kappa shape index (κ3) is 3.61. The average molecular weight is 371 g/mol. The molecular weight excluding hydrogens is 346 g/mol. The van der Waals surface area contributed by atoms with Crippen LogP contribution in [0.15, 0.2) is 18.2 Å². The number of nitrogens with zero attached hydrogens (tertiary/aromatic N) is 4. The minimum Gasteiger partial charge on any atom is -0.444 e. The van der Waals surface area contributed by atoms with Gasteiger partial charge in [0.25, 0.3) is 5.91 Å². The van der Waals surface area contributed by atoms with Crippen LogP contribution in [0.3, 0.4) is 0 Å². The average Bonchev–Trinajstić information content (AvgIpc) is 3.24. The lowest BCUT2D eigenvalue weighted by Crippen LogP contribution is -2.43. The van der Waals surface area contributed by atoms with Gasteiger partial charge in [0.15, 0.2) is 0 Å². The number of ether oxygens (including phenoxy) is 1. The van der Waals surface area contributed by atoms with E-state index in [1.54, 1.807) is 23.1 Å². The van der Waals surface area contributed by atoms with Gasteiger partial charge in [-0.1, -0.05) is 0 Å². The Labute approximate surface area is 157 Å². The molecule has 8 heteroatoms. The zero-order chi connectivity index (χ0) is 19.2. The van der Waals surface area contributed by atoms with Gasteiger partial charge in [0.05, 0.1) is 0 Å². The van der Waals surface area contributed by atoms with Crippen LogP contribution in [-0.2, 0) is 4.74 Å². The van der Waals surface area contributed by atoms with Gasteiger partial charge < -0.3 is 14.5 Å². The number of amides is 2. The largest absolute Gasteiger partial charge is 0.444 e. The topological polar surface area (TPSA) is 91.4 Å². The number of carbonyl (C=O) groups excluding carboxylic acids is 2. The van der Waals surface area contributed by atoms with Crippen molar-refractivity contribution in [3.63, 3.8) is 0 Å². The molecule has 1 N–H and O–H groups in total. The quantitative estimate of drug-likeness (QED) is 0.830. The summed E-state index contributed by atoms with van der Waals surface area (Å²) in [6.45, 7) is 8.36. The number of aromatic amines is 1. The Balaban J connectivity index is 1.42. The van der Waals surface area contributed by atoms with E-state index >= 15 is 0 Å². The van der Waals surface area contributed by atoms with E-state index in [4.69, 9.17) is 4.74 Å². The molecule has 0 spiro atoms. The van der Waals surface area contributed by atoms with Crippen LogP contribution >= 0.6 is 0 Å². The van der Waals surface area contributed by atoms with E-state index in [0.717, 1.165) is 11.9 Å². The zero-order valence-corrected chi connectivity index (χ0v) is 15.9. The van der Waals surface area contributed by atoms with E-state index in [1.807, 2.05) is 25.7 Å². The van der Waals surface area contributed by atoms with Crippen LogP contribution in [0.4, 0.5) is 4.79 Å². The Morgan fingerprint density at radius 3 is 2.56 bits per heavy atom. The smallest absolute Gasteiger partial charge is 0.410 e. The maximum absolute atomic E-state index is 12.9.